The number of piperidine rings is 1. The lowest BCUT2D eigenvalue weighted by atomic mass is 9.99. The summed E-state index contributed by atoms with van der Waals surface area (Å²) >= 11 is 3.24. The van der Waals surface area contributed by atoms with E-state index in [1.165, 1.54) is 17.5 Å². The van der Waals surface area contributed by atoms with E-state index in [0.717, 1.165) is 0 Å². The number of carbonyl (C=O) groups is 1. The fraction of sp³-hybridized carbons (Fsp3) is 0.462. The van der Waals surface area contributed by atoms with Crippen LogP contribution in [0.25, 0.3) is 0 Å². The molecule has 1 aromatic rings. The molecular weight excluding hydrogens is 360 g/mol. The Labute approximate surface area is 132 Å². The molecule has 0 aromatic heterocycles. The van der Waals surface area contributed by atoms with Crippen molar-refractivity contribution in [2.24, 2.45) is 5.92 Å². The van der Waals surface area contributed by atoms with Crippen LogP contribution >= 0.6 is 15.9 Å². The van der Waals surface area contributed by atoms with Crippen molar-refractivity contribution in [3.63, 3.8) is 0 Å². The minimum Gasteiger partial charge on any atom is -0.469 e. The van der Waals surface area contributed by atoms with Gasteiger partial charge in [-0.15, -0.1) is 0 Å². The van der Waals surface area contributed by atoms with E-state index in [1.54, 1.807) is 12.1 Å². The maximum absolute atomic E-state index is 12.6. The van der Waals surface area contributed by atoms with E-state index in [9.17, 15) is 13.2 Å². The highest BCUT2D eigenvalue weighted by Crippen LogP contribution is 2.30. The summed E-state index contributed by atoms with van der Waals surface area (Å²) < 4.78 is 31.8. The molecule has 1 aliphatic heterocycles. The number of esters is 1. The summed E-state index contributed by atoms with van der Waals surface area (Å²) in [4.78, 5) is 11.6. The molecule has 1 aliphatic rings. The van der Waals surface area contributed by atoms with E-state index >= 15 is 0 Å². The van der Waals surface area contributed by atoms with Crippen LogP contribution in [0, 0.1) is 5.92 Å². The number of benzene rings is 1. The van der Waals surface area contributed by atoms with Crippen LogP contribution < -0.4 is 5.73 Å². The molecule has 0 aliphatic carbocycles. The predicted octanol–water partition coefficient (Wildman–Crippen LogP) is 1.60. The van der Waals surface area contributed by atoms with Gasteiger partial charge in [-0.05, 0) is 47.0 Å². The van der Waals surface area contributed by atoms with Crippen molar-refractivity contribution in [3.05, 3.63) is 22.7 Å². The lowest BCUT2D eigenvalue weighted by Crippen LogP contribution is -2.40. The van der Waals surface area contributed by atoms with Gasteiger partial charge in [-0.1, -0.05) is 0 Å². The van der Waals surface area contributed by atoms with Gasteiger partial charge in [0.1, 0.15) is 0 Å². The first-order valence-electron chi connectivity index (χ1n) is 6.49. The van der Waals surface area contributed by atoms with E-state index in [-0.39, 0.29) is 16.8 Å². The number of ether oxygens (including phenoxy) is 1. The van der Waals surface area contributed by atoms with Crippen LogP contribution in [0.2, 0.25) is 0 Å². The number of carbonyl (C=O) groups excluding carboxylic acids is 1. The first kappa shape index (κ1) is 16.3. The van der Waals surface area contributed by atoms with Gasteiger partial charge in [-0.2, -0.15) is 4.31 Å². The number of anilines is 1. The standard InChI is InChI=1S/C13H17BrN2O4S/c1-20-13(17)9-4-6-16(7-5-9)21(18,19)12-8-10(15)2-3-11(12)14/h2-3,8-9H,4-7,15H2,1H3. The number of nitrogens with zero attached hydrogens (tertiary/aromatic N) is 1. The highest BCUT2D eigenvalue weighted by atomic mass is 79.9. The van der Waals surface area contributed by atoms with Crippen LogP contribution in [0.1, 0.15) is 12.8 Å². The zero-order chi connectivity index (χ0) is 15.6. The van der Waals surface area contributed by atoms with Crippen LogP contribution in [-0.4, -0.2) is 38.9 Å². The smallest absolute Gasteiger partial charge is 0.308 e. The van der Waals surface area contributed by atoms with E-state index in [4.69, 9.17) is 10.5 Å². The third-order valence-corrected chi connectivity index (χ3v) is 6.45. The largest absolute Gasteiger partial charge is 0.469 e. The molecule has 21 heavy (non-hydrogen) atoms. The molecule has 8 heteroatoms. The first-order valence-corrected chi connectivity index (χ1v) is 8.72. The number of methoxy groups -OCH3 is 1. The monoisotopic (exact) mass is 376 g/mol. The summed E-state index contributed by atoms with van der Waals surface area (Å²) in [6, 6.07) is 4.68. The Hall–Kier alpha value is -1.12. The van der Waals surface area contributed by atoms with Crippen molar-refractivity contribution in [2.45, 2.75) is 17.7 Å². The van der Waals surface area contributed by atoms with Crippen LogP contribution in [0.15, 0.2) is 27.6 Å². The maximum atomic E-state index is 12.6. The van der Waals surface area contributed by atoms with Crippen molar-refractivity contribution >= 4 is 37.6 Å². The van der Waals surface area contributed by atoms with E-state index < -0.39 is 10.0 Å². The molecule has 0 bridgehead atoms. The Bertz CT molecular complexity index is 640. The number of sulfonamides is 1. The Morgan fingerprint density at radius 3 is 2.57 bits per heavy atom. The molecule has 2 N–H and O–H groups in total. The number of nitrogens with two attached hydrogens (primary N) is 1. The van der Waals surface area contributed by atoms with Crippen molar-refractivity contribution in [2.75, 3.05) is 25.9 Å². The van der Waals surface area contributed by atoms with Gasteiger partial charge in [0.25, 0.3) is 0 Å². The topological polar surface area (TPSA) is 89.7 Å². The lowest BCUT2D eigenvalue weighted by Gasteiger charge is -2.30. The second kappa shape index (κ2) is 6.33. The van der Waals surface area contributed by atoms with Gasteiger partial charge in [0.05, 0.1) is 17.9 Å². The molecular formula is C13H17BrN2O4S. The van der Waals surface area contributed by atoms with Crippen LogP contribution in [-0.2, 0) is 19.6 Å². The minimum atomic E-state index is -3.62. The van der Waals surface area contributed by atoms with Crippen LogP contribution in [0.4, 0.5) is 5.69 Å². The molecule has 0 amide bonds. The zero-order valence-corrected chi connectivity index (χ0v) is 14.0. The van der Waals surface area contributed by atoms with Gasteiger partial charge in [0.2, 0.25) is 10.0 Å². The molecule has 1 heterocycles. The third-order valence-electron chi connectivity index (χ3n) is 3.56. The van der Waals surface area contributed by atoms with Gasteiger partial charge in [-0.3, -0.25) is 4.79 Å². The zero-order valence-electron chi connectivity index (χ0n) is 11.6. The van der Waals surface area contributed by atoms with Gasteiger partial charge in [0, 0.05) is 23.2 Å². The average Bonchev–Trinajstić information content (AvgIpc) is 2.49. The predicted molar refractivity (Wildman–Crippen MR) is 82.1 cm³/mol. The fourth-order valence-electron chi connectivity index (χ4n) is 2.36. The Morgan fingerprint density at radius 1 is 1.38 bits per heavy atom. The van der Waals surface area contributed by atoms with Gasteiger partial charge in [0.15, 0.2) is 0 Å². The van der Waals surface area contributed by atoms with E-state index in [0.29, 0.717) is 36.1 Å². The lowest BCUT2D eigenvalue weighted by molar-refractivity contribution is -0.146. The van der Waals surface area contributed by atoms with Crippen LogP contribution in [0.5, 0.6) is 0 Å². The summed E-state index contributed by atoms with van der Waals surface area (Å²) in [6.45, 7) is 0.590. The molecule has 0 unspecified atom stereocenters. The molecule has 1 aromatic carbocycles. The fourth-order valence-corrected chi connectivity index (χ4v) is 4.78. The second-order valence-electron chi connectivity index (χ2n) is 4.89. The number of nitrogen functional groups attached to an aromatic ring is 1. The highest BCUT2D eigenvalue weighted by molar-refractivity contribution is 9.10. The molecule has 0 saturated carbocycles. The molecule has 0 spiro atoms. The second-order valence-corrected chi connectivity index (χ2v) is 7.65. The molecule has 6 nitrogen and oxygen atoms in total. The van der Waals surface area contributed by atoms with E-state index in [2.05, 4.69) is 15.9 Å². The quantitative estimate of drug-likeness (QED) is 0.639. The average molecular weight is 377 g/mol. The van der Waals surface area contributed by atoms with Crippen molar-refractivity contribution < 1.29 is 17.9 Å². The number of hydrogen-bond acceptors (Lipinski definition) is 5. The third kappa shape index (κ3) is 3.38. The van der Waals surface area contributed by atoms with Crippen molar-refractivity contribution in [1.82, 2.24) is 4.31 Å². The summed E-state index contributed by atoms with van der Waals surface area (Å²) in [7, 11) is -2.27. The summed E-state index contributed by atoms with van der Waals surface area (Å²) in [5.41, 5.74) is 6.06. The highest BCUT2D eigenvalue weighted by Gasteiger charge is 2.33. The first-order chi connectivity index (χ1) is 9.86. The molecule has 116 valence electrons. The normalized spacial score (nSPS) is 17.6. The molecule has 1 saturated heterocycles. The number of hydrogen-bond donors (Lipinski definition) is 1. The molecule has 1 fully saturated rings. The SMILES string of the molecule is COC(=O)C1CCN(S(=O)(=O)c2cc(N)ccc2Br)CC1. The molecule has 2 rings (SSSR count). The van der Waals surface area contributed by atoms with Gasteiger partial charge >= 0.3 is 5.97 Å². The van der Waals surface area contributed by atoms with E-state index in [1.807, 2.05) is 0 Å². The summed E-state index contributed by atoms with van der Waals surface area (Å²) in [6.07, 6.45) is 0.928. The molecule has 0 atom stereocenters. The van der Waals surface area contributed by atoms with Crippen molar-refractivity contribution in [3.8, 4) is 0 Å². The van der Waals surface area contributed by atoms with Gasteiger partial charge in [-0.25, -0.2) is 8.42 Å². The minimum absolute atomic E-state index is 0.152. The Balaban J connectivity index is 2.19. The van der Waals surface area contributed by atoms with Gasteiger partial charge < -0.3 is 10.5 Å². The number of halogens is 1. The maximum Gasteiger partial charge on any atom is 0.308 e. The van der Waals surface area contributed by atoms with Crippen LogP contribution in [0.3, 0.4) is 0 Å². The van der Waals surface area contributed by atoms with Crippen molar-refractivity contribution in [1.29, 1.82) is 0 Å². The summed E-state index contributed by atoms with van der Waals surface area (Å²) in [5, 5.41) is 0. The Morgan fingerprint density at radius 2 is 2.00 bits per heavy atom. The summed E-state index contributed by atoms with van der Waals surface area (Å²) in [5.74, 6) is -0.511. The Kier molecular flexibility index (Phi) is 4.90. The number of rotatable bonds is 3. The molecule has 0 radical (unpaired) electrons.